The van der Waals surface area contributed by atoms with Gasteiger partial charge in [-0.2, -0.15) is 0 Å². The molecule has 0 bridgehead atoms. The van der Waals surface area contributed by atoms with Gasteiger partial charge in [0.15, 0.2) is 5.82 Å². The maximum atomic E-state index is 13.0. The van der Waals surface area contributed by atoms with Gasteiger partial charge in [0.05, 0.1) is 38.7 Å². The first kappa shape index (κ1) is 24.3. The van der Waals surface area contributed by atoms with Gasteiger partial charge in [0.25, 0.3) is 5.56 Å². The fourth-order valence-corrected chi connectivity index (χ4v) is 4.29. The number of hydrogen-bond acceptors (Lipinski definition) is 8. The molecule has 10 heteroatoms. The van der Waals surface area contributed by atoms with Gasteiger partial charge in [-0.15, -0.1) is 0 Å². The van der Waals surface area contributed by atoms with E-state index in [1.54, 1.807) is 32.5 Å². The molecule has 3 aromatic rings. The Balaban J connectivity index is 1.68. The molecular formula is C25H31N5O5. The van der Waals surface area contributed by atoms with Crippen LogP contribution in [0.1, 0.15) is 26.7 Å². The number of fused-ring (bicyclic) bond motifs is 1. The average Bonchev–Trinajstić information content (AvgIpc) is 2.87. The molecule has 1 aliphatic rings. The summed E-state index contributed by atoms with van der Waals surface area (Å²) < 4.78 is 16.1. The third kappa shape index (κ3) is 5.01. The molecule has 0 radical (unpaired) electrons. The number of nitrogens with zero attached hydrogens (tertiary/aromatic N) is 3. The molecule has 0 saturated carbocycles. The molecule has 1 fully saturated rings. The number of benzene rings is 1. The first-order valence-electron chi connectivity index (χ1n) is 11.6. The lowest BCUT2D eigenvalue weighted by Crippen LogP contribution is -2.44. The Bertz CT molecular complexity index is 1280. The van der Waals surface area contributed by atoms with Crippen molar-refractivity contribution in [2.24, 2.45) is 5.92 Å². The molecule has 10 nitrogen and oxygen atoms in total. The van der Waals surface area contributed by atoms with Gasteiger partial charge in [-0.3, -0.25) is 9.59 Å². The molecule has 0 unspecified atom stereocenters. The topological polar surface area (TPSA) is 119 Å². The Hall–Kier alpha value is -3.82. The van der Waals surface area contributed by atoms with Gasteiger partial charge in [0, 0.05) is 43.2 Å². The van der Waals surface area contributed by atoms with E-state index in [2.05, 4.69) is 20.3 Å². The van der Waals surface area contributed by atoms with Crippen molar-refractivity contribution < 1.29 is 19.0 Å². The molecule has 0 aliphatic carbocycles. The minimum atomic E-state index is -0.339. The summed E-state index contributed by atoms with van der Waals surface area (Å²) in [7, 11) is 4.61. The molecule has 1 aliphatic heterocycles. The maximum absolute atomic E-state index is 13.0. The van der Waals surface area contributed by atoms with Crippen molar-refractivity contribution in [3.63, 3.8) is 0 Å². The van der Waals surface area contributed by atoms with Crippen molar-refractivity contribution in [3.05, 3.63) is 34.7 Å². The van der Waals surface area contributed by atoms with Gasteiger partial charge in [-0.25, -0.2) is 9.97 Å². The Morgan fingerprint density at radius 1 is 1.09 bits per heavy atom. The van der Waals surface area contributed by atoms with Crippen LogP contribution in [0.5, 0.6) is 17.2 Å². The summed E-state index contributed by atoms with van der Waals surface area (Å²) in [6, 6.07) is 5.30. The van der Waals surface area contributed by atoms with Gasteiger partial charge in [0.1, 0.15) is 28.3 Å². The lowest BCUT2D eigenvalue weighted by Gasteiger charge is -2.34. The van der Waals surface area contributed by atoms with Gasteiger partial charge in [0.2, 0.25) is 5.91 Å². The molecule has 0 spiro atoms. The smallest absolute Gasteiger partial charge is 0.262 e. The Labute approximate surface area is 203 Å². The van der Waals surface area contributed by atoms with Crippen LogP contribution in [0.4, 0.5) is 5.69 Å². The zero-order valence-electron chi connectivity index (χ0n) is 20.7. The number of carbonyl (C=O) groups excluding carboxylic acids is 1. The number of pyridine rings is 1. The maximum Gasteiger partial charge on any atom is 0.262 e. The molecule has 2 N–H and O–H groups in total. The normalized spacial score (nSPS) is 14.3. The third-order valence-electron chi connectivity index (χ3n) is 6.18. The molecule has 3 heterocycles. The van der Waals surface area contributed by atoms with E-state index < -0.39 is 0 Å². The highest BCUT2D eigenvalue weighted by molar-refractivity contribution is 5.87. The van der Waals surface area contributed by atoms with Crippen LogP contribution in [0.15, 0.2) is 29.2 Å². The molecule has 1 aromatic carbocycles. The number of rotatable bonds is 7. The van der Waals surface area contributed by atoms with Crippen molar-refractivity contribution in [3.8, 4) is 28.8 Å². The highest BCUT2D eigenvalue weighted by Crippen LogP contribution is 2.32. The molecule has 1 amide bonds. The number of anilines is 1. The minimum absolute atomic E-state index is 0.0123. The summed E-state index contributed by atoms with van der Waals surface area (Å²) in [6.45, 7) is 5.21. The number of piperidine rings is 1. The number of H-pyrrole nitrogens is 1. The number of amides is 1. The van der Waals surface area contributed by atoms with E-state index in [1.165, 1.54) is 7.11 Å². The van der Waals surface area contributed by atoms with Crippen LogP contribution < -0.4 is 25.1 Å². The molecule has 35 heavy (non-hydrogen) atoms. The van der Waals surface area contributed by atoms with Crippen molar-refractivity contribution >= 4 is 22.5 Å². The summed E-state index contributed by atoms with van der Waals surface area (Å²) in [5, 5.41) is 3.87. The van der Waals surface area contributed by atoms with E-state index in [1.807, 2.05) is 24.8 Å². The summed E-state index contributed by atoms with van der Waals surface area (Å²) in [5.41, 5.74) is 1.28. The quantitative estimate of drug-likeness (QED) is 0.529. The first-order chi connectivity index (χ1) is 16.8. The number of carbonyl (C=O) groups is 1. The first-order valence-corrected chi connectivity index (χ1v) is 11.6. The standard InChI is InChI=1S/C25H31N5O5/c1-14(2)25(32)30-8-6-15(7-9-30)27-19-11-17(34-4)13-26-22(19)23-28-18-10-16(33-3)12-20(35-5)21(18)24(31)29-23/h10-15,27H,6-9H2,1-5H3,(H,28,29,31). The zero-order chi connectivity index (χ0) is 25.1. The van der Waals surface area contributed by atoms with Crippen molar-refractivity contribution in [1.82, 2.24) is 19.9 Å². The van der Waals surface area contributed by atoms with E-state index >= 15 is 0 Å². The van der Waals surface area contributed by atoms with E-state index in [4.69, 9.17) is 14.2 Å². The molecule has 4 rings (SSSR count). The summed E-state index contributed by atoms with van der Waals surface area (Å²) in [5.74, 6) is 1.97. The van der Waals surface area contributed by atoms with Crippen LogP contribution in [-0.2, 0) is 4.79 Å². The number of ether oxygens (including phenoxy) is 3. The van der Waals surface area contributed by atoms with Crippen LogP contribution in [-0.4, -0.2) is 66.2 Å². The largest absolute Gasteiger partial charge is 0.497 e. The molecule has 0 atom stereocenters. The van der Waals surface area contributed by atoms with E-state index in [0.717, 1.165) is 12.8 Å². The number of aromatic nitrogens is 3. The Morgan fingerprint density at radius 3 is 2.43 bits per heavy atom. The molecular weight excluding hydrogens is 450 g/mol. The SMILES string of the molecule is COc1cnc(-c2nc3cc(OC)cc(OC)c3c(=O)[nH]2)c(NC2CCN(C(=O)C(C)C)CC2)c1. The van der Waals surface area contributed by atoms with Gasteiger partial charge >= 0.3 is 0 Å². The van der Waals surface area contributed by atoms with Gasteiger partial charge in [-0.05, 0) is 12.8 Å². The lowest BCUT2D eigenvalue weighted by molar-refractivity contribution is -0.135. The van der Waals surface area contributed by atoms with E-state index in [9.17, 15) is 9.59 Å². The second-order valence-electron chi connectivity index (χ2n) is 8.81. The van der Waals surface area contributed by atoms with Crippen LogP contribution in [0, 0.1) is 5.92 Å². The third-order valence-corrected chi connectivity index (χ3v) is 6.18. The number of methoxy groups -OCH3 is 3. The summed E-state index contributed by atoms with van der Waals surface area (Å²) in [4.78, 5) is 39.3. The van der Waals surface area contributed by atoms with Crippen LogP contribution in [0.2, 0.25) is 0 Å². The Kier molecular flexibility index (Phi) is 7.09. The fourth-order valence-electron chi connectivity index (χ4n) is 4.29. The van der Waals surface area contributed by atoms with E-state index in [-0.39, 0.29) is 23.4 Å². The van der Waals surface area contributed by atoms with Gasteiger partial charge in [-0.1, -0.05) is 13.8 Å². The highest BCUT2D eigenvalue weighted by atomic mass is 16.5. The predicted octanol–water partition coefficient (Wildman–Crippen LogP) is 3.07. The second-order valence-corrected chi connectivity index (χ2v) is 8.81. The monoisotopic (exact) mass is 481 g/mol. The van der Waals surface area contributed by atoms with Crippen molar-refractivity contribution in [2.75, 3.05) is 39.7 Å². The van der Waals surface area contributed by atoms with Crippen LogP contribution >= 0.6 is 0 Å². The lowest BCUT2D eigenvalue weighted by atomic mass is 10.0. The van der Waals surface area contributed by atoms with Crippen LogP contribution in [0.25, 0.3) is 22.4 Å². The average molecular weight is 482 g/mol. The summed E-state index contributed by atoms with van der Waals surface area (Å²) in [6.07, 6.45) is 3.18. The highest BCUT2D eigenvalue weighted by Gasteiger charge is 2.25. The van der Waals surface area contributed by atoms with Crippen molar-refractivity contribution in [2.45, 2.75) is 32.7 Å². The minimum Gasteiger partial charge on any atom is -0.497 e. The number of hydrogen-bond donors (Lipinski definition) is 2. The zero-order valence-corrected chi connectivity index (χ0v) is 20.7. The van der Waals surface area contributed by atoms with Gasteiger partial charge < -0.3 is 29.4 Å². The molecule has 1 saturated heterocycles. The van der Waals surface area contributed by atoms with Crippen LogP contribution in [0.3, 0.4) is 0 Å². The number of likely N-dealkylation sites (tertiary alicyclic amines) is 1. The molecule has 2 aromatic heterocycles. The summed E-state index contributed by atoms with van der Waals surface area (Å²) >= 11 is 0. The number of nitrogens with one attached hydrogen (secondary N) is 2. The predicted molar refractivity (Wildman–Crippen MR) is 133 cm³/mol. The Morgan fingerprint density at radius 2 is 1.80 bits per heavy atom. The fraction of sp³-hybridized carbons (Fsp3) is 0.440. The second kappa shape index (κ2) is 10.2. The van der Waals surface area contributed by atoms with E-state index in [0.29, 0.717) is 58.4 Å². The number of aromatic amines is 1. The van der Waals surface area contributed by atoms with Crippen molar-refractivity contribution in [1.29, 1.82) is 0 Å². The molecule has 186 valence electrons.